The van der Waals surface area contributed by atoms with Gasteiger partial charge in [0.15, 0.2) is 0 Å². The van der Waals surface area contributed by atoms with Crippen molar-refractivity contribution in [2.45, 2.75) is 45.3 Å². The van der Waals surface area contributed by atoms with Crippen LogP contribution in [0.1, 0.15) is 33.6 Å². The van der Waals surface area contributed by atoms with Gasteiger partial charge in [0.05, 0.1) is 11.6 Å². The summed E-state index contributed by atoms with van der Waals surface area (Å²) in [7, 11) is 3.63. The first-order valence-corrected chi connectivity index (χ1v) is 6.43. The first kappa shape index (κ1) is 14.5. The molecule has 0 bridgehead atoms. The third-order valence-corrected chi connectivity index (χ3v) is 3.92. The molecular weight excluding hydrogens is 216 g/mol. The Morgan fingerprint density at radius 1 is 1.59 bits per heavy atom. The zero-order valence-corrected chi connectivity index (χ0v) is 11.7. The number of nitrogens with one attached hydrogen (secondary N) is 1. The minimum absolute atomic E-state index is 0.154. The van der Waals surface area contributed by atoms with Gasteiger partial charge in [0.1, 0.15) is 0 Å². The van der Waals surface area contributed by atoms with E-state index in [1.54, 1.807) is 7.11 Å². The molecule has 1 rings (SSSR count). The summed E-state index contributed by atoms with van der Waals surface area (Å²) >= 11 is 0. The van der Waals surface area contributed by atoms with E-state index in [1.807, 2.05) is 32.7 Å². The lowest BCUT2D eigenvalue weighted by Crippen LogP contribution is -2.55. The van der Waals surface area contributed by atoms with Crippen LogP contribution in [0.25, 0.3) is 0 Å². The first-order valence-electron chi connectivity index (χ1n) is 6.43. The molecule has 0 aromatic carbocycles. The van der Waals surface area contributed by atoms with E-state index in [4.69, 9.17) is 4.74 Å². The molecule has 1 amide bonds. The van der Waals surface area contributed by atoms with Gasteiger partial charge >= 0.3 is 0 Å². The number of carbonyl (C=O) groups is 1. The van der Waals surface area contributed by atoms with E-state index in [-0.39, 0.29) is 23.5 Å². The number of likely N-dealkylation sites (tertiary alicyclic amines) is 1. The van der Waals surface area contributed by atoms with Crippen molar-refractivity contribution >= 4 is 5.91 Å². The number of ether oxygens (including phenoxy) is 1. The highest BCUT2D eigenvalue weighted by Crippen LogP contribution is 2.20. The number of nitrogens with zero attached hydrogens (tertiary/aromatic N) is 1. The van der Waals surface area contributed by atoms with Crippen molar-refractivity contribution in [1.82, 2.24) is 10.2 Å². The second-order valence-corrected chi connectivity index (χ2v) is 5.48. The highest BCUT2D eigenvalue weighted by Gasteiger charge is 2.33. The number of methoxy groups -OCH3 is 1. The number of hydrogen-bond acceptors (Lipinski definition) is 3. The molecule has 17 heavy (non-hydrogen) atoms. The molecule has 2 atom stereocenters. The number of amides is 1. The summed E-state index contributed by atoms with van der Waals surface area (Å²) in [5.41, 5.74) is -0.268. The first-order chi connectivity index (χ1) is 7.92. The van der Waals surface area contributed by atoms with Crippen LogP contribution in [0.4, 0.5) is 0 Å². The largest absolute Gasteiger partial charge is 0.377 e. The number of rotatable bonds is 5. The van der Waals surface area contributed by atoms with Gasteiger partial charge in [-0.2, -0.15) is 0 Å². The van der Waals surface area contributed by atoms with Crippen LogP contribution in [0.15, 0.2) is 0 Å². The third kappa shape index (κ3) is 3.42. The van der Waals surface area contributed by atoms with Crippen molar-refractivity contribution in [3.8, 4) is 0 Å². The number of likely N-dealkylation sites (N-methyl/N-ethyl adjacent to an activating group) is 1. The molecule has 100 valence electrons. The van der Waals surface area contributed by atoms with E-state index in [2.05, 4.69) is 5.32 Å². The number of carbonyl (C=O) groups excluding carboxylic acids is 1. The van der Waals surface area contributed by atoms with Gasteiger partial charge in [-0.05, 0) is 33.7 Å². The number of hydrogen-bond donors (Lipinski definition) is 1. The Labute approximate surface area is 105 Å². The standard InChI is InChI=1S/C13H26N2O2/c1-10-7-6-8-15(12(10)16)9-11(14-4)13(2,3)17-5/h10-11,14H,6-9H2,1-5H3. The molecule has 0 spiro atoms. The van der Waals surface area contributed by atoms with Gasteiger partial charge in [-0.1, -0.05) is 6.92 Å². The SMILES string of the molecule is CNC(CN1CCCC(C)C1=O)C(C)(C)OC. The van der Waals surface area contributed by atoms with Crippen LogP contribution < -0.4 is 5.32 Å². The van der Waals surface area contributed by atoms with Crippen molar-refractivity contribution in [2.75, 3.05) is 27.2 Å². The molecule has 1 aliphatic heterocycles. The molecule has 0 aliphatic carbocycles. The van der Waals surface area contributed by atoms with Gasteiger partial charge in [-0.15, -0.1) is 0 Å². The molecule has 2 unspecified atom stereocenters. The second-order valence-electron chi connectivity index (χ2n) is 5.48. The maximum Gasteiger partial charge on any atom is 0.225 e. The van der Waals surface area contributed by atoms with E-state index < -0.39 is 0 Å². The van der Waals surface area contributed by atoms with Crippen LogP contribution in [0, 0.1) is 5.92 Å². The minimum Gasteiger partial charge on any atom is -0.377 e. The average Bonchev–Trinajstić information content (AvgIpc) is 2.30. The van der Waals surface area contributed by atoms with Gasteiger partial charge in [0.2, 0.25) is 5.91 Å². The molecule has 0 aromatic heterocycles. The topological polar surface area (TPSA) is 41.6 Å². The molecule has 1 aliphatic rings. The highest BCUT2D eigenvalue weighted by atomic mass is 16.5. The lowest BCUT2D eigenvalue weighted by Gasteiger charge is -2.39. The summed E-state index contributed by atoms with van der Waals surface area (Å²) in [6.45, 7) is 7.71. The van der Waals surface area contributed by atoms with Gasteiger partial charge in [-0.3, -0.25) is 4.79 Å². The summed E-state index contributed by atoms with van der Waals surface area (Å²) < 4.78 is 5.49. The molecule has 0 radical (unpaired) electrons. The minimum atomic E-state index is -0.268. The van der Waals surface area contributed by atoms with Crippen LogP contribution in [-0.4, -0.2) is 49.7 Å². The molecule has 1 heterocycles. The second kappa shape index (κ2) is 5.83. The molecule has 1 fully saturated rings. The van der Waals surface area contributed by atoms with Crippen LogP contribution in [0.5, 0.6) is 0 Å². The van der Waals surface area contributed by atoms with E-state index >= 15 is 0 Å². The maximum atomic E-state index is 12.0. The molecule has 4 heteroatoms. The lowest BCUT2D eigenvalue weighted by molar-refractivity contribution is -0.139. The van der Waals surface area contributed by atoms with Gasteiger partial charge in [0.25, 0.3) is 0 Å². The average molecular weight is 242 g/mol. The lowest BCUT2D eigenvalue weighted by atomic mass is 9.94. The number of piperidine rings is 1. The maximum absolute atomic E-state index is 12.0. The van der Waals surface area contributed by atoms with Crippen LogP contribution in [0.2, 0.25) is 0 Å². The Morgan fingerprint density at radius 2 is 2.24 bits per heavy atom. The van der Waals surface area contributed by atoms with Gasteiger partial charge in [0, 0.05) is 26.1 Å². The Morgan fingerprint density at radius 3 is 2.76 bits per heavy atom. The monoisotopic (exact) mass is 242 g/mol. The van der Waals surface area contributed by atoms with Crippen molar-refractivity contribution < 1.29 is 9.53 Å². The molecule has 0 saturated carbocycles. The Bertz CT molecular complexity index is 266. The van der Waals surface area contributed by atoms with Crippen molar-refractivity contribution in [3.05, 3.63) is 0 Å². The van der Waals surface area contributed by atoms with Crippen molar-refractivity contribution in [1.29, 1.82) is 0 Å². The smallest absolute Gasteiger partial charge is 0.225 e. The highest BCUT2D eigenvalue weighted by molar-refractivity contribution is 5.79. The molecule has 0 aromatic rings. The molecular formula is C13H26N2O2. The summed E-state index contributed by atoms with van der Waals surface area (Å²) in [4.78, 5) is 14.0. The zero-order chi connectivity index (χ0) is 13.1. The normalized spacial score (nSPS) is 23.9. The fraction of sp³-hybridized carbons (Fsp3) is 0.923. The Hall–Kier alpha value is -0.610. The van der Waals surface area contributed by atoms with Gasteiger partial charge < -0.3 is 15.0 Å². The van der Waals surface area contributed by atoms with Crippen LogP contribution >= 0.6 is 0 Å². The van der Waals surface area contributed by atoms with Crippen LogP contribution in [-0.2, 0) is 9.53 Å². The fourth-order valence-electron chi connectivity index (χ4n) is 2.34. The van der Waals surface area contributed by atoms with E-state index in [0.717, 1.165) is 25.9 Å². The predicted octanol–water partition coefficient (Wildman–Crippen LogP) is 1.26. The molecule has 1 saturated heterocycles. The molecule has 1 N–H and O–H groups in total. The molecule has 4 nitrogen and oxygen atoms in total. The predicted molar refractivity (Wildman–Crippen MR) is 68.9 cm³/mol. The van der Waals surface area contributed by atoms with Gasteiger partial charge in [-0.25, -0.2) is 0 Å². The third-order valence-electron chi connectivity index (χ3n) is 3.92. The Kier molecular flexibility index (Phi) is 4.95. The summed E-state index contributed by atoms with van der Waals surface area (Å²) in [5, 5.41) is 3.26. The zero-order valence-electron chi connectivity index (χ0n) is 11.7. The van der Waals surface area contributed by atoms with E-state index in [1.165, 1.54) is 0 Å². The van der Waals surface area contributed by atoms with E-state index in [9.17, 15) is 4.79 Å². The van der Waals surface area contributed by atoms with Crippen molar-refractivity contribution in [2.24, 2.45) is 5.92 Å². The van der Waals surface area contributed by atoms with Crippen LogP contribution in [0.3, 0.4) is 0 Å². The summed E-state index contributed by atoms with van der Waals surface area (Å²) in [6.07, 6.45) is 2.13. The van der Waals surface area contributed by atoms with Crippen molar-refractivity contribution in [3.63, 3.8) is 0 Å². The van der Waals surface area contributed by atoms with E-state index in [0.29, 0.717) is 0 Å². The summed E-state index contributed by atoms with van der Waals surface area (Å²) in [6, 6.07) is 0.154. The quantitative estimate of drug-likeness (QED) is 0.789. The summed E-state index contributed by atoms with van der Waals surface area (Å²) in [5.74, 6) is 0.454. The fourth-order valence-corrected chi connectivity index (χ4v) is 2.34. The Balaban J connectivity index is 2.65.